The van der Waals surface area contributed by atoms with Gasteiger partial charge in [0.2, 0.25) is 0 Å². The Morgan fingerprint density at radius 2 is 2.21 bits per heavy atom. The number of pyridine rings is 1. The van der Waals surface area contributed by atoms with E-state index in [2.05, 4.69) is 17.2 Å². The fourth-order valence-electron chi connectivity index (χ4n) is 1.29. The van der Waals surface area contributed by atoms with Crippen molar-refractivity contribution in [3.8, 4) is 0 Å². The lowest BCUT2D eigenvalue weighted by Crippen LogP contribution is -2.14. The van der Waals surface area contributed by atoms with Crippen molar-refractivity contribution < 1.29 is 4.39 Å². The third-order valence-corrected chi connectivity index (χ3v) is 2.05. The van der Waals surface area contributed by atoms with E-state index in [1.807, 2.05) is 0 Å². The minimum Gasteiger partial charge on any atom is -0.313 e. The standard InChI is InChI=1S/C11H17FN2/c1-2-3-4-5-13-7-10-6-11(12)9-14-8-10/h6,8-9,13H,2-5,7H2,1H3. The molecule has 14 heavy (non-hydrogen) atoms. The highest BCUT2D eigenvalue weighted by Crippen LogP contribution is 2.00. The van der Waals surface area contributed by atoms with Gasteiger partial charge >= 0.3 is 0 Å². The van der Waals surface area contributed by atoms with E-state index in [1.54, 1.807) is 6.20 Å². The van der Waals surface area contributed by atoms with Gasteiger partial charge in [0.1, 0.15) is 5.82 Å². The highest BCUT2D eigenvalue weighted by molar-refractivity contribution is 5.09. The molecule has 0 radical (unpaired) electrons. The van der Waals surface area contributed by atoms with Gasteiger partial charge in [0.25, 0.3) is 0 Å². The quantitative estimate of drug-likeness (QED) is 0.707. The summed E-state index contributed by atoms with van der Waals surface area (Å²) in [6.07, 6.45) is 6.56. The van der Waals surface area contributed by atoms with Gasteiger partial charge in [0, 0.05) is 12.7 Å². The molecule has 0 saturated carbocycles. The van der Waals surface area contributed by atoms with Crippen molar-refractivity contribution in [2.75, 3.05) is 6.54 Å². The van der Waals surface area contributed by atoms with E-state index in [4.69, 9.17) is 0 Å². The van der Waals surface area contributed by atoms with Crippen molar-refractivity contribution in [2.24, 2.45) is 0 Å². The van der Waals surface area contributed by atoms with E-state index in [0.717, 1.165) is 12.1 Å². The van der Waals surface area contributed by atoms with Gasteiger partial charge in [0.05, 0.1) is 6.20 Å². The maximum Gasteiger partial charge on any atom is 0.141 e. The molecule has 0 aliphatic rings. The summed E-state index contributed by atoms with van der Waals surface area (Å²) in [7, 11) is 0. The maximum absolute atomic E-state index is 12.7. The van der Waals surface area contributed by atoms with E-state index in [0.29, 0.717) is 6.54 Å². The van der Waals surface area contributed by atoms with Gasteiger partial charge in [0.15, 0.2) is 0 Å². The molecule has 0 aliphatic carbocycles. The molecule has 1 rings (SSSR count). The van der Waals surface area contributed by atoms with Crippen molar-refractivity contribution in [2.45, 2.75) is 32.7 Å². The summed E-state index contributed by atoms with van der Waals surface area (Å²) in [5.41, 5.74) is 0.904. The number of hydrogen-bond acceptors (Lipinski definition) is 2. The lowest BCUT2D eigenvalue weighted by molar-refractivity contribution is 0.600. The van der Waals surface area contributed by atoms with Crippen LogP contribution >= 0.6 is 0 Å². The van der Waals surface area contributed by atoms with E-state index in [1.165, 1.54) is 31.5 Å². The van der Waals surface area contributed by atoms with Crippen LogP contribution < -0.4 is 5.32 Å². The number of halogens is 1. The first-order valence-corrected chi connectivity index (χ1v) is 5.13. The SMILES string of the molecule is CCCCCNCc1cncc(F)c1. The first-order chi connectivity index (χ1) is 6.83. The zero-order valence-corrected chi connectivity index (χ0v) is 8.59. The molecule has 0 spiro atoms. The molecule has 1 aromatic heterocycles. The Labute approximate surface area is 84.6 Å². The predicted molar refractivity (Wildman–Crippen MR) is 55.4 cm³/mol. The average molecular weight is 196 g/mol. The van der Waals surface area contributed by atoms with Crippen LogP contribution in [0.1, 0.15) is 31.7 Å². The van der Waals surface area contributed by atoms with Crippen LogP contribution in [-0.4, -0.2) is 11.5 Å². The lowest BCUT2D eigenvalue weighted by Gasteiger charge is -2.03. The fraction of sp³-hybridized carbons (Fsp3) is 0.545. The van der Waals surface area contributed by atoms with Crippen LogP contribution in [0.2, 0.25) is 0 Å². The number of nitrogens with one attached hydrogen (secondary N) is 1. The monoisotopic (exact) mass is 196 g/mol. The van der Waals surface area contributed by atoms with Crippen LogP contribution in [-0.2, 0) is 6.54 Å². The third-order valence-electron chi connectivity index (χ3n) is 2.05. The molecule has 2 nitrogen and oxygen atoms in total. The van der Waals surface area contributed by atoms with Gasteiger partial charge in [-0.3, -0.25) is 4.98 Å². The minimum atomic E-state index is -0.266. The summed E-state index contributed by atoms with van der Waals surface area (Å²) in [4.78, 5) is 3.78. The van der Waals surface area contributed by atoms with Crippen LogP contribution in [0.3, 0.4) is 0 Å². The van der Waals surface area contributed by atoms with Crippen molar-refractivity contribution in [3.63, 3.8) is 0 Å². The summed E-state index contributed by atoms with van der Waals surface area (Å²) < 4.78 is 12.7. The van der Waals surface area contributed by atoms with Crippen LogP contribution in [0.4, 0.5) is 4.39 Å². The van der Waals surface area contributed by atoms with Crippen LogP contribution in [0, 0.1) is 5.82 Å². The number of hydrogen-bond donors (Lipinski definition) is 1. The van der Waals surface area contributed by atoms with E-state index in [-0.39, 0.29) is 5.82 Å². The Hall–Kier alpha value is -0.960. The van der Waals surface area contributed by atoms with Crippen molar-refractivity contribution in [1.29, 1.82) is 0 Å². The second-order valence-corrected chi connectivity index (χ2v) is 3.40. The van der Waals surface area contributed by atoms with Gasteiger partial charge in [-0.1, -0.05) is 19.8 Å². The number of unbranched alkanes of at least 4 members (excludes halogenated alkanes) is 2. The first kappa shape index (κ1) is 11.1. The Morgan fingerprint density at radius 3 is 2.93 bits per heavy atom. The molecule has 0 unspecified atom stereocenters. The largest absolute Gasteiger partial charge is 0.313 e. The summed E-state index contributed by atoms with van der Waals surface area (Å²) >= 11 is 0. The van der Waals surface area contributed by atoms with Gasteiger partial charge < -0.3 is 5.32 Å². The van der Waals surface area contributed by atoms with Crippen LogP contribution in [0.25, 0.3) is 0 Å². The van der Waals surface area contributed by atoms with Crippen molar-refractivity contribution >= 4 is 0 Å². The Kier molecular flexibility index (Phi) is 5.15. The maximum atomic E-state index is 12.7. The zero-order chi connectivity index (χ0) is 10.2. The van der Waals surface area contributed by atoms with Gasteiger partial charge in [-0.15, -0.1) is 0 Å². The number of aromatic nitrogens is 1. The smallest absolute Gasteiger partial charge is 0.141 e. The van der Waals surface area contributed by atoms with Gasteiger partial charge in [-0.2, -0.15) is 0 Å². The molecule has 0 aliphatic heterocycles. The molecular weight excluding hydrogens is 179 g/mol. The molecule has 1 aromatic rings. The van der Waals surface area contributed by atoms with E-state index >= 15 is 0 Å². The average Bonchev–Trinajstić information content (AvgIpc) is 2.18. The Balaban J connectivity index is 2.18. The molecule has 3 heteroatoms. The minimum absolute atomic E-state index is 0.266. The number of rotatable bonds is 6. The third kappa shape index (κ3) is 4.33. The van der Waals surface area contributed by atoms with Crippen molar-refractivity contribution in [1.82, 2.24) is 10.3 Å². The lowest BCUT2D eigenvalue weighted by atomic mass is 10.2. The second-order valence-electron chi connectivity index (χ2n) is 3.40. The van der Waals surface area contributed by atoms with Crippen LogP contribution in [0.5, 0.6) is 0 Å². The molecule has 78 valence electrons. The van der Waals surface area contributed by atoms with Gasteiger partial charge in [-0.25, -0.2) is 4.39 Å². The van der Waals surface area contributed by atoms with Crippen LogP contribution in [0.15, 0.2) is 18.5 Å². The second kappa shape index (κ2) is 6.49. The molecule has 0 saturated heterocycles. The summed E-state index contributed by atoms with van der Waals surface area (Å²) in [5.74, 6) is -0.266. The Bertz CT molecular complexity index is 263. The van der Waals surface area contributed by atoms with E-state index in [9.17, 15) is 4.39 Å². The number of nitrogens with zero attached hydrogens (tertiary/aromatic N) is 1. The fourth-order valence-corrected chi connectivity index (χ4v) is 1.29. The summed E-state index contributed by atoms with van der Waals surface area (Å²) in [5, 5.41) is 3.26. The predicted octanol–water partition coefficient (Wildman–Crippen LogP) is 2.50. The normalized spacial score (nSPS) is 10.4. The summed E-state index contributed by atoms with van der Waals surface area (Å²) in [6.45, 7) is 3.87. The topological polar surface area (TPSA) is 24.9 Å². The zero-order valence-electron chi connectivity index (χ0n) is 8.59. The highest BCUT2D eigenvalue weighted by Gasteiger charge is 1.95. The molecule has 0 aromatic carbocycles. The first-order valence-electron chi connectivity index (χ1n) is 5.13. The summed E-state index contributed by atoms with van der Waals surface area (Å²) in [6, 6.07) is 1.51. The molecule has 0 atom stereocenters. The molecule has 0 amide bonds. The molecule has 0 bridgehead atoms. The highest BCUT2D eigenvalue weighted by atomic mass is 19.1. The van der Waals surface area contributed by atoms with Crippen molar-refractivity contribution in [3.05, 3.63) is 29.8 Å². The molecule has 1 N–H and O–H groups in total. The molecule has 0 fully saturated rings. The molecule has 1 heterocycles. The van der Waals surface area contributed by atoms with E-state index < -0.39 is 0 Å². The van der Waals surface area contributed by atoms with Gasteiger partial charge in [-0.05, 0) is 24.6 Å². The Morgan fingerprint density at radius 1 is 1.36 bits per heavy atom. The molecular formula is C11H17FN2.